The Bertz CT molecular complexity index is 604. The van der Waals surface area contributed by atoms with Crippen molar-refractivity contribution in [3.63, 3.8) is 0 Å². The molecule has 20 heavy (non-hydrogen) atoms. The third-order valence-electron chi connectivity index (χ3n) is 2.84. The van der Waals surface area contributed by atoms with E-state index in [1.54, 1.807) is 0 Å². The maximum absolute atomic E-state index is 13.9. The molecule has 2 rings (SSSR count). The van der Waals surface area contributed by atoms with Crippen LogP contribution in [-0.2, 0) is 9.30 Å². The molecule has 4 atom stereocenters. The van der Waals surface area contributed by atoms with Crippen molar-refractivity contribution in [2.45, 2.75) is 24.6 Å². The predicted molar refractivity (Wildman–Crippen MR) is 64.6 cm³/mol. The Morgan fingerprint density at radius 1 is 1.55 bits per heavy atom. The minimum absolute atomic E-state index is 0.0630. The zero-order valence-electron chi connectivity index (χ0n) is 10.0. The van der Waals surface area contributed by atoms with Gasteiger partial charge in [-0.1, -0.05) is 0 Å². The number of hydrogen-bond acceptors (Lipinski definition) is 6. The number of nitrogens with zero attached hydrogens (tertiary/aromatic N) is 2. The van der Waals surface area contributed by atoms with Crippen molar-refractivity contribution in [2.24, 2.45) is 0 Å². The van der Waals surface area contributed by atoms with Crippen molar-refractivity contribution in [1.29, 1.82) is 0 Å². The molecule has 1 aliphatic rings. The average molecular weight is 309 g/mol. The molecule has 1 saturated heterocycles. The molecule has 0 bridgehead atoms. The minimum atomic E-state index is -4.49. The molecule has 5 N–H and O–H groups in total. The monoisotopic (exact) mass is 309 g/mol. The number of aliphatic hydroxyl groups excluding tert-OH is 1. The number of nitrogens with two attached hydrogens (primary N) is 1. The fourth-order valence-electron chi connectivity index (χ4n) is 1.93. The van der Waals surface area contributed by atoms with Gasteiger partial charge in [0.25, 0.3) is 0 Å². The van der Waals surface area contributed by atoms with E-state index in [4.69, 9.17) is 20.3 Å². The Morgan fingerprint density at radius 3 is 2.75 bits per heavy atom. The molecule has 0 amide bonds. The summed E-state index contributed by atoms with van der Waals surface area (Å²) >= 11 is 0. The quantitative estimate of drug-likeness (QED) is 0.498. The van der Waals surface area contributed by atoms with Crippen LogP contribution in [0.5, 0.6) is 0 Å². The number of rotatable bonds is 3. The van der Waals surface area contributed by atoms with Crippen LogP contribution in [0.25, 0.3) is 0 Å². The zero-order valence-corrected chi connectivity index (χ0v) is 10.9. The highest BCUT2D eigenvalue weighted by Crippen LogP contribution is 2.41. The van der Waals surface area contributed by atoms with Gasteiger partial charge in [-0.25, -0.2) is 9.18 Å². The van der Waals surface area contributed by atoms with E-state index in [1.165, 1.54) is 6.07 Å². The summed E-state index contributed by atoms with van der Waals surface area (Å²) in [6, 6.07) is 1.24. The van der Waals surface area contributed by atoms with E-state index in [0.717, 1.165) is 10.8 Å². The molecule has 112 valence electrons. The first kappa shape index (κ1) is 15.1. The number of aliphatic hydroxyl groups is 1. The van der Waals surface area contributed by atoms with Gasteiger partial charge in [0.15, 0.2) is 12.4 Å². The van der Waals surface area contributed by atoms with Crippen molar-refractivity contribution in [2.75, 3.05) is 11.9 Å². The predicted octanol–water partition coefficient (Wildman–Crippen LogP) is -1.40. The van der Waals surface area contributed by atoms with Crippen LogP contribution in [0.4, 0.5) is 10.2 Å². The molecule has 0 aromatic carbocycles. The van der Waals surface area contributed by atoms with Gasteiger partial charge in [0.2, 0.25) is 0 Å². The summed E-state index contributed by atoms with van der Waals surface area (Å²) in [7, 11) is -4.49. The van der Waals surface area contributed by atoms with Crippen LogP contribution in [-0.4, -0.2) is 49.0 Å². The topological polar surface area (TPSA) is 148 Å². The molecule has 1 aliphatic heterocycles. The van der Waals surface area contributed by atoms with Crippen molar-refractivity contribution in [3.05, 3.63) is 22.7 Å². The van der Waals surface area contributed by atoms with E-state index < -0.39 is 44.1 Å². The van der Waals surface area contributed by atoms with Gasteiger partial charge >= 0.3 is 13.3 Å². The maximum atomic E-state index is 13.9. The summed E-state index contributed by atoms with van der Waals surface area (Å²) < 4.78 is 30.6. The summed E-state index contributed by atoms with van der Waals surface area (Å²) in [5.41, 5.74) is 4.40. The SMILES string of the molecule is Nc1ccn([C@@H]2O[C@H](CP(=O)(O)O)[C@H](O)C2F)c(=O)n1. The number of halogens is 1. The number of alkyl halides is 1. The Labute approximate surface area is 112 Å². The van der Waals surface area contributed by atoms with Crippen molar-refractivity contribution in [3.8, 4) is 0 Å². The van der Waals surface area contributed by atoms with Crippen molar-refractivity contribution in [1.82, 2.24) is 9.55 Å². The Hall–Kier alpha value is -1.32. The second kappa shape index (κ2) is 5.23. The molecule has 1 aromatic heterocycles. The second-order valence-electron chi connectivity index (χ2n) is 4.39. The van der Waals surface area contributed by atoms with E-state index in [0.29, 0.717) is 0 Å². The van der Waals surface area contributed by atoms with Gasteiger partial charge in [0, 0.05) is 6.20 Å². The number of aromatic nitrogens is 2. The molecule has 0 radical (unpaired) electrons. The van der Waals surface area contributed by atoms with Crippen LogP contribution in [0, 0.1) is 0 Å². The van der Waals surface area contributed by atoms with E-state index in [-0.39, 0.29) is 5.82 Å². The standard InChI is InChI=1S/C9H13FN3O6P/c10-6-7(14)4(3-20(16,17)18)19-8(6)13-2-1-5(11)12-9(13)15/h1-2,4,6-8,14H,3H2,(H2,11,12,15)(H2,16,17,18)/t4-,6?,7+,8-/m1/s1. The summed E-state index contributed by atoms with van der Waals surface area (Å²) in [5.74, 6) is -0.0630. The first-order valence-electron chi connectivity index (χ1n) is 5.56. The molecule has 0 aliphatic carbocycles. The second-order valence-corrected chi connectivity index (χ2v) is 6.08. The van der Waals surface area contributed by atoms with E-state index in [1.807, 2.05) is 0 Å². The summed E-state index contributed by atoms with van der Waals surface area (Å²) in [6.45, 7) is 0. The van der Waals surface area contributed by atoms with Crippen molar-refractivity contribution < 1.29 is 28.6 Å². The molecule has 9 nitrogen and oxygen atoms in total. The molecular weight excluding hydrogens is 296 g/mol. The lowest BCUT2D eigenvalue weighted by molar-refractivity contribution is -0.0185. The fraction of sp³-hybridized carbons (Fsp3) is 0.556. The highest BCUT2D eigenvalue weighted by molar-refractivity contribution is 7.51. The molecule has 1 fully saturated rings. The lowest BCUT2D eigenvalue weighted by Gasteiger charge is -2.16. The maximum Gasteiger partial charge on any atom is 0.351 e. The van der Waals surface area contributed by atoms with E-state index in [2.05, 4.69) is 4.98 Å². The highest BCUT2D eigenvalue weighted by Gasteiger charge is 2.47. The zero-order chi connectivity index (χ0) is 15.1. The number of anilines is 1. The average Bonchev–Trinajstić information content (AvgIpc) is 2.56. The van der Waals surface area contributed by atoms with Gasteiger partial charge in [0.1, 0.15) is 18.0 Å². The van der Waals surface area contributed by atoms with Gasteiger partial charge in [0.05, 0.1) is 6.16 Å². The van der Waals surface area contributed by atoms with Gasteiger partial charge in [-0.2, -0.15) is 4.98 Å². The highest BCUT2D eigenvalue weighted by atomic mass is 31.2. The molecule has 0 spiro atoms. The number of nitrogen functional groups attached to an aromatic ring is 1. The Morgan fingerprint density at radius 2 is 2.20 bits per heavy atom. The normalized spacial score (nSPS) is 30.6. The number of hydrogen-bond donors (Lipinski definition) is 4. The van der Waals surface area contributed by atoms with Gasteiger partial charge in [-0.15, -0.1) is 0 Å². The summed E-state index contributed by atoms with van der Waals surface area (Å²) in [5, 5.41) is 9.59. The van der Waals surface area contributed by atoms with Gasteiger partial charge < -0.3 is 25.4 Å². The molecular formula is C9H13FN3O6P. The molecule has 2 heterocycles. The van der Waals surface area contributed by atoms with Crippen LogP contribution in [0.3, 0.4) is 0 Å². The van der Waals surface area contributed by atoms with Crippen LogP contribution < -0.4 is 11.4 Å². The summed E-state index contributed by atoms with van der Waals surface area (Å²) in [4.78, 5) is 32.6. The lowest BCUT2D eigenvalue weighted by atomic mass is 10.2. The Kier molecular flexibility index (Phi) is 3.94. The molecule has 11 heteroatoms. The number of ether oxygens (including phenoxy) is 1. The van der Waals surface area contributed by atoms with Gasteiger partial charge in [-0.05, 0) is 6.07 Å². The minimum Gasteiger partial charge on any atom is -0.387 e. The molecule has 0 saturated carbocycles. The third-order valence-corrected chi connectivity index (χ3v) is 3.67. The fourth-order valence-corrected chi connectivity index (χ4v) is 2.70. The molecule has 1 unspecified atom stereocenters. The van der Waals surface area contributed by atoms with Gasteiger partial charge in [-0.3, -0.25) is 9.13 Å². The Balaban J connectivity index is 2.26. The van der Waals surface area contributed by atoms with E-state index in [9.17, 15) is 18.9 Å². The smallest absolute Gasteiger partial charge is 0.351 e. The first-order chi connectivity index (χ1) is 9.19. The van der Waals surface area contributed by atoms with Crippen LogP contribution in [0.15, 0.2) is 17.1 Å². The van der Waals surface area contributed by atoms with Crippen LogP contribution in [0.1, 0.15) is 6.23 Å². The largest absolute Gasteiger partial charge is 0.387 e. The third kappa shape index (κ3) is 3.05. The summed E-state index contributed by atoms with van der Waals surface area (Å²) in [6.07, 6.45) is -6.41. The molecule has 1 aromatic rings. The van der Waals surface area contributed by atoms with Crippen molar-refractivity contribution >= 4 is 13.4 Å². The van der Waals surface area contributed by atoms with E-state index >= 15 is 0 Å². The van der Waals surface area contributed by atoms with Crippen LogP contribution in [0.2, 0.25) is 0 Å². The first-order valence-corrected chi connectivity index (χ1v) is 7.35. The van der Waals surface area contributed by atoms with Crippen LogP contribution >= 0.6 is 7.60 Å². The lowest BCUT2D eigenvalue weighted by Crippen LogP contribution is -2.33.